The number of benzene rings is 2. The van der Waals surface area contributed by atoms with Crippen LogP contribution in [0.3, 0.4) is 0 Å². The average molecular weight is 285 g/mol. The van der Waals surface area contributed by atoms with Crippen LogP contribution in [0.15, 0.2) is 42.5 Å². The van der Waals surface area contributed by atoms with Crippen molar-refractivity contribution in [1.82, 2.24) is 0 Å². The first-order chi connectivity index (χ1) is 9.92. The van der Waals surface area contributed by atoms with Crippen LogP contribution < -0.4 is 5.06 Å². The van der Waals surface area contributed by atoms with Crippen LogP contribution in [0.4, 0.5) is 5.69 Å². The van der Waals surface area contributed by atoms with Crippen molar-refractivity contribution in [3.63, 3.8) is 0 Å². The molecule has 0 amide bonds. The molecule has 0 aromatic heterocycles. The van der Waals surface area contributed by atoms with Gasteiger partial charge in [-0.2, -0.15) is 0 Å². The highest BCUT2D eigenvalue weighted by Crippen LogP contribution is 2.29. The smallest absolute Gasteiger partial charge is 0.144 e. The van der Waals surface area contributed by atoms with Gasteiger partial charge in [0.25, 0.3) is 0 Å². The van der Waals surface area contributed by atoms with Gasteiger partial charge in [0.15, 0.2) is 0 Å². The number of hydroxylamine groups is 1. The Morgan fingerprint density at radius 1 is 1.14 bits per heavy atom. The molecule has 112 valence electrons. The van der Waals surface area contributed by atoms with E-state index in [-0.39, 0.29) is 11.5 Å². The summed E-state index contributed by atoms with van der Waals surface area (Å²) in [5, 5.41) is 3.95. The van der Waals surface area contributed by atoms with Gasteiger partial charge >= 0.3 is 0 Å². The zero-order valence-corrected chi connectivity index (χ0v) is 13.2. The summed E-state index contributed by atoms with van der Waals surface area (Å²) in [6.45, 7) is 8.73. The van der Waals surface area contributed by atoms with E-state index < -0.39 is 0 Å². The van der Waals surface area contributed by atoms with Crippen LogP contribution in [0.1, 0.15) is 27.7 Å². The normalized spacial score (nSPS) is 13.1. The number of carbonyl (C=O) groups excluding carboxylic acids is 1. The predicted octanol–water partition coefficient (Wildman–Crippen LogP) is 4.21. The maximum Gasteiger partial charge on any atom is 0.144 e. The van der Waals surface area contributed by atoms with E-state index in [0.717, 1.165) is 22.7 Å². The van der Waals surface area contributed by atoms with Gasteiger partial charge in [0.05, 0.1) is 12.3 Å². The van der Waals surface area contributed by atoms with Gasteiger partial charge in [0, 0.05) is 5.39 Å². The fraction of sp³-hybridized carbons (Fsp3) is 0.389. The zero-order valence-electron chi connectivity index (χ0n) is 13.2. The lowest BCUT2D eigenvalue weighted by Crippen LogP contribution is -2.37. The second-order valence-corrected chi connectivity index (χ2v) is 6.53. The second kappa shape index (κ2) is 6.27. The van der Waals surface area contributed by atoms with Gasteiger partial charge in [-0.05, 0) is 23.8 Å². The molecule has 0 spiro atoms. The van der Waals surface area contributed by atoms with E-state index in [4.69, 9.17) is 4.84 Å². The van der Waals surface area contributed by atoms with Crippen LogP contribution in [0, 0.1) is 5.41 Å². The standard InChI is InChI=1S/C18H23NO2/c1-14(12-20)19(21-13-18(2,3)4)17-11-7-9-15-8-5-6-10-16(15)17/h5-12,14H,13H2,1-4H3/t14-/m0/s1. The Hall–Kier alpha value is -1.87. The Kier molecular flexibility index (Phi) is 4.63. The van der Waals surface area contributed by atoms with E-state index in [1.807, 2.05) is 31.2 Å². The molecule has 0 unspecified atom stereocenters. The van der Waals surface area contributed by atoms with E-state index in [0.29, 0.717) is 6.61 Å². The summed E-state index contributed by atoms with van der Waals surface area (Å²) >= 11 is 0. The monoisotopic (exact) mass is 285 g/mol. The van der Waals surface area contributed by atoms with Gasteiger partial charge in [-0.3, -0.25) is 4.84 Å². The molecule has 0 aliphatic heterocycles. The summed E-state index contributed by atoms with van der Waals surface area (Å²) in [6.07, 6.45) is 0.907. The fourth-order valence-corrected chi connectivity index (χ4v) is 2.13. The van der Waals surface area contributed by atoms with Crippen LogP contribution in [-0.4, -0.2) is 18.9 Å². The topological polar surface area (TPSA) is 29.5 Å². The van der Waals surface area contributed by atoms with Crippen LogP contribution in [0.25, 0.3) is 10.8 Å². The van der Waals surface area contributed by atoms with Crippen molar-refractivity contribution in [2.75, 3.05) is 11.7 Å². The molecule has 0 saturated heterocycles. The molecule has 0 fully saturated rings. The molecule has 0 aliphatic carbocycles. The summed E-state index contributed by atoms with van der Waals surface area (Å²) in [6, 6.07) is 13.8. The van der Waals surface area contributed by atoms with Crippen molar-refractivity contribution < 1.29 is 9.63 Å². The van der Waals surface area contributed by atoms with Crippen LogP contribution in [0.2, 0.25) is 0 Å². The van der Waals surface area contributed by atoms with Crippen molar-refractivity contribution >= 4 is 22.7 Å². The molecule has 0 saturated carbocycles. The molecule has 2 aromatic carbocycles. The van der Waals surface area contributed by atoms with E-state index in [1.165, 1.54) is 0 Å². The van der Waals surface area contributed by atoms with E-state index in [9.17, 15) is 4.79 Å². The molecule has 0 N–H and O–H groups in total. The Morgan fingerprint density at radius 2 is 1.81 bits per heavy atom. The molecular weight excluding hydrogens is 262 g/mol. The van der Waals surface area contributed by atoms with Crippen molar-refractivity contribution in [3.05, 3.63) is 42.5 Å². The molecular formula is C18H23NO2. The first-order valence-electron chi connectivity index (χ1n) is 7.27. The van der Waals surface area contributed by atoms with Crippen molar-refractivity contribution in [3.8, 4) is 0 Å². The Bertz CT molecular complexity index is 611. The quantitative estimate of drug-likeness (QED) is 0.609. The minimum Gasteiger partial charge on any atom is -0.301 e. The van der Waals surface area contributed by atoms with Gasteiger partial charge in [-0.25, -0.2) is 5.06 Å². The SMILES string of the molecule is C[C@@H](C=O)N(OCC(C)(C)C)c1cccc2ccccc12. The highest BCUT2D eigenvalue weighted by atomic mass is 16.7. The first-order valence-corrected chi connectivity index (χ1v) is 7.27. The number of nitrogens with zero attached hydrogens (tertiary/aromatic N) is 1. The minimum absolute atomic E-state index is 0.0332. The van der Waals surface area contributed by atoms with Crippen molar-refractivity contribution in [1.29, 1.82) is 0 Å². The Morgan fingerprint density at radius 3 is 2.48 bits per heavy atom. The Labute approximate surface area is 126 Å². The zero-order chi connectivity index (χ0) is 15.5. The van der Waals surface area contributed by atoms with E-state index >= 15 is 0 Å². The summed E-state index contributed by atoms with van der Waals surface area (Å²) in [5.74, 6) is 0. The van der Waals surface area contributed by atoms with Gasteiger partial charge in [-0.15, -0.1) is 0 Å². The Balaban J connectivity index is 2.41. The molecule has 3 heteroatoms. The fourth-order valence-electron chi connectivity index (χ4n) is 2.13. The summed E-state index contributed by atoms with van der Waals surface area (Å²) in [7, 11) is 0. The lowest BCUT2D eigenvalue weighted by Gasteiger charge is -2.31. The largest absolute Gasteiger partial charge is 0.301 e. The van der Waals surface area contributed by atoms with Gasteiger partial charge < -0.3 is 4.79 Å². The molecule has 2 rings (SSSR count). The van der Waals surface area contributed by atoms with Crippen molar-refractivity contribution in [2.24, 2.45) is 5.41 Å². The molecule has 1 atom stereocenters. The average Bonchev–Trinajstić information content (AvgIpc) is 2.46. The number of rotatable bonds is 5. The third kappa shape index (κ3) is 3.82. The maximum atomic E-state index is 11.3. The lowest BCUT2D eigenvalue weighted by atomic mass is 9.99. The third-order valence-corrected chi connectivity index (χ3v) is 3.21. The number of carbonyl (C=O) groups is 1. The van der Waals surface area contributed by atoms with Crippen LogP contribution >= 0.6 is 0 Å². The highest BCUT2D eigenvalue weighted by Gasteiger charge is 2.20. The molecule has 2 aromatic rings. The molecule has 0 heterocycles. The predicted molar refractivity (Wildman–Crippen MR) is 87.4 cm³/mol. The summed E-state index contributed by atoms with van der Waals surface area (Å²) in [5.41, 5.74) is 0.961. The molecule has 0 bridgehead atoms. The van der Waals surface area contributed by atoms with E-state index in [2.05, 4.69) is 39.0 Å². The van der Waals surface area contributed by atoms with Gasteiger partial charge in [-0.1, -0.05) is 57.2 Å². The number of hydrogen-bond donors (Lipinski definition) is 0. The first kappa shape index (κ1) is 15.5. The summed E-state index contributed by atoms with van der Waals surface area (Å²) < 4.78 is 0. The molecule has 3 nitrogen and oxygen atoms in total. The lowest BCUT2D eigenvalue weighted by molar-refractivity contribution is -0.110. The maximum absolute atomic E-state index is 11.3. The van der Waals surface area contributed by atoms with E-state index in [1.54, 1.807) is 5.06 Å². The number of hydrogen-bond acceptors (Lipinski definition) is 3. The second-order valence-electron chi connectivity index (χ2n) is 6.53. The number of anilines is 1. The molecule has 0 aliphatic rings. The molecule has 0 radical (unpaired) electrons. The molecule has 21 heavy (non-hydrogen) atoms. The van der Waals surface area contributed by atoms with Crippen LogP contribution in [0.5, 0.6) is 0 Å². The van der Waals surface area contributed by atoms with Gasteiger partial charge in [0.2, 0.25) is 0 Å². The third-order valence-electron chi connectivity index (χ3n) is 3.21. The number of fused-ring (bicyclic) bond motifs is 1. The minimum atomic E-state index is -0.335. The highest BCUT2D eigenvalue weighted by molar-refractivity contribution is 5.94. The van der Waals surface area contributed by atoms with Crippen LogP contribution in [-0.2, 0) is 9.63 Å². The number of aldehydes is 1. The summed E-state index contributed by atoms with van der Waals surface area (Å²) in [4.78, 5) is 17.2. The van der Waals surface area contributed by atoms with Gasteiger partial charge in [0.1, 0.15) is 12.3 Å². The van der Waals surface area contributed by atoms with Crippen molar-refractivity contribution in [2.45, 2.75) is 33.7 Å².